The quantitative estimate of drug-likeness (QED) is 0.667. The molecule has 0 aromatic rings. The summed E-state index contributed by atoms with van der Waals surface area (Å²) in [7, 11) is 0. The molecule has 1 heteroatoms. The van der Waals surface area contributed by atoms with Crippen LogP contribution in [0.15, 0.2) is 0 Å². The topological polar surface area (TPSA) is 9.23 Å². The van der Waals surface area contributed by atoms with Gasteiger partial charge in [0.15, 0.2) is 0 Å². The standard InChI is InChI=1S/C13H21O/c1-2-14-9-13-6-10-3-11(7-13)5-12(4-10)8-13/h2,10-12H,3-9H2,1H3. The Bertz CT molecular complexity index is 186. The van der Waals surface area contributed by atoms with Crippen LogP contribution in [0.3, 0.4) is 0 Å². The fourth-order valence-electron chi connectivity index (χ4n) is 4.73. The maximum atomic E-state index is 5.59. The molecule has 0 amide bonds. The van der Waals surface area contributed by atoms with E-state index in [4.69, 9.17) is 4.74 Å². The van der Waals surface area contributed by atoms with E-state index in [1.54, 1.807) is 0 Å². The molecule has 4 rings (SSSR count). The van der Waals surface area contributed by atoms with Gasteiger partial charge in [-0.2, -0.15) is 0 Å². The zero-order valence-corrected chi connectivity index (χ0v) is 9.17. The van der Waals surface area contributed by atoms with Gasteiger partial charge in [-0.05, 0) is 68.6 Å². The molecule has 0 aliphatic heterocycles. The minimum atomic E-state index is 0.598. The van der Waals surface area contributed by atoms with Crippen molar-refractivity contribution in [3.8, 4) is 0 Å². The maximum Gasteiger partial charge on any atom is 0.0806 e. The summed E-state index contributed by atoms with van der Waals surface area (Å²) in [6, 6.07) is 0. The summed E-state index contributed by atoms with van der Waals surface area (Å²) in [5.74, 6) is 3.17. The van der Waals surface area contributed by atoms with Crippen molar-refractivity contribution in [2.24, 2.45) is 23.2 Å². The summed E-state index contributed by atoms with van der Waals surface area (Å²) in [5, 5.41) is 0. The largest absolute Gasteiger partial charge is 0.375 e. The molecule has 0 unspecified atom stereocenters. The van der Waals surface area contributed by atoms with E-state index in [1.807, 2.05) is 13.5 Å². The first kappa shape index (κ1) is 9.21. The molecular weight excluding hydrogens is 172 g/mol. The zero-order valence-electron chi connectivity index (χ0n) is 9.17. The highest BCUT2D eigenvalue weighted by Gasteiger charge is 2.50. The summed E-state index contributed by atoms with van der Waals surface area (Å²) in [4.78, 5) is 0. The SMILES string of the molecule is C[CH]OCC12CC3CC(CC(C3)C1)C2. The molecule has 4 aliphatic carbocycles. The zero-order chi connectivity index (χ0) is 9.60. The molecule has 0 saturated heterocycles. The minimum absolute atomic E-state index is 0.598. The van der Waals surface area contributed by atoms with Crippen LogP contribution in [0.25, 0.3) is 0 Å². The van der Waals surface area contributed by atoms with Gasteiger partial charge in [0.05, 0.1) is 13.2 Å². The number of hydrogen-bond donors (Lipinski definition) is 0. The second kappa shape index (κ2) is 3.23. The summed E-state index contributed by atoms with van der Waals surface area (Å²) in [6.45, 7) is 4.88. The van der Waals surface area contributed by atoms with Crippen molar-refractivity contribution in [3.63, 3.8) is 0 Å². The highest BCUT2D eigenvalue weighted by Crippen LogP contribution is 2.60. The second-order valence-corrected chi connectivity index (χ2v) is 5.96. The van der Waals surface area contributed by atoms with Gasteiger partial charge in [-0.15, -0.1) is 0 Å². The Hall–Kier alpha value is -0.0400. The van der Waals surface area contributed by atoms with Crippen molar-refractivity contribution in [2.75, 3.05) is 6.61 Å². The van der Waals surface area contributed by atoms with Gasteiger partial charge in [-0.1, -0.05) is 0 Å². The molecule has 0 aromatic carbocycles. The van der Waals surface area contributed by atoms with E-state index >= 15 is 0 Å². The molecule has 0 N–H and O–H groups in total. The summed E-state index contributed by atoms with van der Waals surface area (Å²) < 4.78 is 5.59. The van der Waals surface area contributed by atoms with Crippen molar-refractivity contribution in [2.45, 2.75) is 45.4 Å². The predicted octanol–water partition coefficient (Wildman–Crippen LogP) is 3.40. The Kier molecular flexibility index (Phi) is 2.12. The van der Waals surface area contributed by atoms with Crippen LogP contribution in [0.2, 0.25) is 0 Å². The third-order valence-electron chi connectivity index (χ3n) is 4.72. The average molecular weight is 193 g/mol. The van der Waals surface area contributed by atoms with Gasteiger partial charge in [0.25, 0.3) is 0 Å². The van der Waals surface area contributed by atoms with Crippen molar-refractivity contribution < 1.29 is 4.74 Å². The Morgan fingerprint density at radius 1 is 1.07 bits per heavy atom. The van der Waals surface area contributed by atoms with Crippen LogP contribution >= 0.6 is 0 Å². The van der Waals surface area contributed by atoms with Crippen LogP contribution in [-0.2, 0) is 4.74 Å². The number of hydrogen-bond acceptors (Lipinski definition) is 1. The maximum absolute atomic E-state index is 5.59. The molecule has 1 radical (unpaired) electrons. The van der Waals surface area contributed by atoms with Gasteiger partial charge in [0.1, 0.15) is 0 Å². The van der Waals surface area contributed by atoms with Crippen LogP contribution in [-0.4, -0.2) is 6.61 Å². The number of ether oxygens (including phenoxy) is 1. The molecular formula is C13H21O. The van der Waals surface area contributed by atoms with Crippen molar-refractivity contribution in [1.82, 2.24) is 0 Å². The molecule has 4 aliphatic rings. The Morgan fingerprint density at radius 3 is 2.00 bits per heavy atom. The van der Waals surface area contributed by atoms with Gasteiger partial charge in [-0.3, -0.25) is 0 Å². The predicted molar refractivity (Wildman–Crippen MR) is 56.5 cm³/mol. The van der Waals surface area contributed by atoms with Crippen LogP contribution in [0, 0.1) is 29.8 Å². The van der Waals surface area contributed by atoms with Gasteiger partial charge in [-0.25, -0.2) is 0 Å². The van der Waals surface area contributed by atoms with Gasteiger partial charge in [0, 0.05) is 0 Å². The molecule has 14 heavy (non-hydrogen) atoms. The van der Waals surface area contributed by atoms with E-state index in [0.717, 1.165) is 24.4 Å². The van der Waals surface area contributed by atoms with Crippen molar-refractivity contribution >= 4 is 0 Å². The van der Waals surface area contributed by atoms with E-state index in [9.17, 15) is 0 Å². The molecule has 1 nitrogen and oxygen atoms in total. The van der Waals surface area contributed by atoms with E-state index in [1.165, 1.54) is 38.5 Å². The summed E-state index contributed by atoms with van der Waals surface area (Å²) in [5.41, 5.74) is 0.598. The minimum Gasteiger partial charge on any atom is -0.375 e. The lowest BCUT2D eigenvalue weighted by atomic mass is 9.50. The van der Waals surface area contributed by atoms with Crippen molar-refractivity contribution in [3.05, 3.63) is 6.61 Å². The third kappa shape index (κ3) is 1.41. The summed E-state index contributed by atoms with van der Waals surface area (Å²) in [6.07, 6.45) is 9.01. The van der Waals surface area contributed by atoms with Crippen LogP contribution in [0.5, 0.6) is 0 Å². The Morgan fingerprint density at radius 2 is 1.57 bits per heavy atom. The Balaban J connectivity index is 1.74. The lowest BCUT2D eigenvalue weighted by Gasteiger charge is -2.56. The van der Waals surface area contributed by atoms with E-state index in [0.29, 0.717) is 5.41 Å². The molecule has 4 fully saturated rings. The Labute approximate surface area is 87.2 Å². The smallest absolute Gasteiger partial charge is 0.0806 e. The van der Waals surface area contributed by atoms with E-state index in [2.05, 4.69) is 0 Å². The molecule has 0 atom stereocenters. The molecule has 0 spiro atoms. The van der Waals surface area contributed by atoms with Gasteiger partial charge in [0.2, 0.25) is 0 Å². The first-order valence-electron chi connectivity index (χ1n) is 6.19. The fraction of sp³-hybridized carbons (Fsp3) is 0.923. The molecule has 0 heterocycles. The first-order valence-corrected chi connectivity index (χ1v) is 6.19. The highest BCUT2D eigenvalue weighted by molar-refractivity contribution is 5.01. The first-order chi connectivity index (χ1) is 6.80. The normalized spacial score (nSPS) is 49.9. The molecule has 0 aromatic heterocycles. The molecule has 4 bridgehead atoms. The van der Waals surface area contributed by atoms with Crippen LogP contribution in [0.1, 0.15) is 45.4 Å². The molecule has 4 saturated carbocycles. The monoisotopic (exact) mass is 193 g/mol. The van der Waals surface area contributed by atoms with Crippen LogP contribution in [0.4, 0.5) is 0 Å². The highest BCUT2D eigenvalue weighted by atomic mass is 16.5. The van der Waals surface area contributed by atoms with Gasteiger partial charge < -0.3 is 4.74 Å². The lowest BCUT2D eigenvalue weighted by molar-refractivity contribution is -0.0869. The van der Waals surface area contributed by atoms with E-state index in [-0.39, 0.29) is 0 Å². The second-order valence-electron chi connectivity index (χ2n) is 5.96. The van der Waals surface area contributed by atoms with Gasteiger partial charge >= 0.3 is 0 Å². The average Bonchev–Trinajstić information content (AvgIpc) is 2.12. The number of rotatable bonds is 3. The third-order valence-corrected chi connectivity index (χ3v) is 4.72. The van der Waals surface area contributed by atoms with Crippen molar-refractivity contribution in [1.29, 1.82) is 0 Å². The summed E-state index contributed by atoms with van der Waals surface area (Å²) >= 11 is 0. The van der Waals surface area contributed by atoms with E-state index < -0.39 is 0 Å². The fourth-order valence-corrected chi connectivity index (χ4v) is 4.73. The lowest BCUT2D eigenvalue weighted by Crippen LogP contribution is -2.48. The molecule has 79 valence electrons. The van der Waals surface area contributed by atoms with Crippen LogP contribution < -0.4 is 0 Å².